The van der Waals surface area contributed by atoms with Gasteiger partial charge in [0.25, 0.3) is 9.70 Å². The molecule has 1 aromatic carbocycles. The van der Waals surface area contributed by atoms with E-state index in [2.05, 4.69) is 5.32 Å². The number of carbonyl (C=O) groups is 1. The van der Waals surface area contributed by atoms with Crippen LogP contribution in [0.1, 0.15) is 31.2 Å². The van der Waals surface area contributed by atoms with Crippen LogP contribution in [-0.2, 0) is 21.2 Å². The maximum absolute atomic E-state index is 12.7. The lowest BCUT2D eigenvalue weighted by atomic mass is 10.1. The summed E-state index contributed by atoms with van der Waals surface area (Å²) in [6.45, 7) is 1.45. The highest BCUT2D eigenvalue weighted by Crippen LogP contribution is 2.25. The standard InChI is InChI=1S/C16H21Cl3N2O3S/c17-16(18,19)15(22)20-10-9-13-5-7-14(8-6-13)25(23,24)21-11-3-1-2-4-12-21/h5-8H,1-4,9-12H2,(H,20,22). The maximum Gasteiger partial charge on any atom is 0.272 e. The third-order valence-corrected chi connectivity index (χ3v) is 6.51. The molecular weight excluding hydrogens is 407 g/mol. The van der Waals surface area contributed by atoms with Gasteiger partial charge in [-0.2, -0.15) is 4.31 Å². The van der Waals surface area contributed by atoms with Crippen molar-refractivity contribution in [3.05, 3.63) is 29.8 Å². The summed E-state index contributed by atoms with van der Waals surface area (Å²) in [4.78, 5) is 11.7. The number of hydrogen-bond donors (Lipinski definition) is 1. The highest BCUT2D eigenvalue weighted by atomic mass is 35.6. The summed E-state index contributed by atoms with van der Waals surface area (Å²) in [5.74, 6) is -0.683. The van der Waals surface area contributed by atoms with Gasteiger partial charge in [-0.15, -0.1) is 0 Å². The maximum atomic E-state index is 12.7. The molecule has 1 amide bonds. The van der Waals surface area contributed by atoms with Crippen LogP contribution in [0.2, 0.25) is 0 Å². The van der Waals surface area contributed by atoms with Gasteiger partial charge in [0.1, 0.15) is 0 Å². The first kappa shape index (κ1) is 20.8. The lowest BCUT2D eigenvalue weighted by molar-refractivity contribution is -0.120. The molecule has 9 heteroatoms. The third kappa shape index (κ3) is 6.00. The van der Waals surface area contributed by atoms with E-state index in [-0.39, 0.29) is 0 Å². The smallest absolute Gasteiger partial charge is 0.272 e. The van der Waals surface area contributed by atoms with Gasteiger partial charge >= 0.3 is 0 Å². The monoisotopic (exact) mass is 426 g/mol. The Morgan fingerprint density at radius 2 is 1.60 bits per heavy atom. The quantitative estimate of drug-likeness (QED) is 0.733. The van der Waals surface area contributed by atoms with Gasteiger partial charge in [0.15, 0.2) is 0 Å². The first-order valence-corrected chi connectivity index (χ1v) is 10.7. The number of amides is 1. The summed E-state index contributed by atoms with van der Waals surface area (Å²) in [5, 5.41) is 2.51. The fraction of sp³-hybridized carbons (Fsp3) is 0.562. The molecular formula is C16H21Cl3N2O3S. The second-order valence-electron chi connectivity index (χ2n) is 5.97. The number of hydrogen-bond acceptors (Lipinski definition) is 3. The van der Waals surface area contributed by atoms with E-state index in [1.807, 2.05) is 0 Å². The van der Waals surface area contributed by atoms with Crippen LogP contribution in [0.15, 0.2) is 29.2 Å². The van der Waals surface area contributed by atoms with Crippen LogP contribution in [0, 0.1) is 0 Å². The molecule has 0 bridgehead atoms. The number of sulfonamides is 1. The molecule has 0 spiro atoms. The zero-order valence-corrected chi connectivity index (χ0v) is 16.8. The molecule has 1 aromatic rings. The Hall–Kier alpha value is -0.530. The van der Waals surface area contributed by atoms with Crippen molar-refractivity contribution >= 4 is 50.7 Å². The van der Waals surface area contributed by atoms with E-state index >= 15 is 0 Å². The van der Waals surface area contributed by atoms with Crippen LogP contribution in [0.3, 0.4) is 0 Å². The molecule has 5 nitrogen and oxygen atoms in total. The summed E-state index contributed by atoms with van der Waals surface area (Å²) in [7, 11) is -3.44. The van der Waals surface area contributed by atoms with Crippen molar-refractivity contribution in [2.45, 2.75) is 40.8 Å². The van der Waals surface area contributed by atoms with Crippen molar-refractivity contribution in [2.24, 2.45) is 0 Å². The number of halogens is 3. The second kappa shape index (κ2) is 8.91. The molecule has 140 valence electrons. The van der Waals surface area contributed by atoms with E-state index < -0.39 is 19.7 Å². The van der Waals surface area contributed by atoms with Crippen molar-refractivity contribution in [1.82, 2.24) is 9.62 Å². The fourth-order valence-electron chi connectivity index (χ4n) is 2.68. The Morgan fingerprint density at radius 1 is 1.04 bits per heavy atom. The Kier molecular flexibility index (Phi) is 7.40. The molecule has 0 radical (unpaired) electrons. The van der Waals surface area contributed by atoms with Gasteiger partial charge in [-0.1, -0.05) is 59.8 Å². The van der Waals surface area contributed by atoms with Gasteiger partial charge in [0.2, 0.25) is 10.0 Å². The first-order valence-electron chi connectivity index (χ1n) is 8.15. The van der Waals surface area contributed by atoms with E-state index in [0.717, 1.165) is 31.2 Å². The Bertz CT molecular complexity index is 680. The van der Waals surface area contributed by atoms with Crippen LogP contribution in [-0.4, -0.2) is 42.1 Å². The minimum absolute atomic E-state index is 0.295. The van der Waals surface area contributed by atoms with Crippen molar-refractivity contribution < 1.29 is 13.2 Å². The van der Waals surface area contributed by atoms with Gasteiger partial charge in [0.05, 0.1) is 4.90 Å². The predicted molar refractivity (Wildman–Crippen MR) is 101 cm³/mol. The van der Waals surface area contributed by atoms with Gasteiger partial charge in [-0.05, 0) is 37.0 Å². The molecule has 0 aromatic heterocycles. The Labute approximate surface area is 163 Å². The van der Waals surface area contributed by atoms with Crippen molar-refractivity contribution in [3.63, 3.8) is 0 Å². The summed E-state index contributed by atoms with van der Waals surface area (Å²) in [5.41, 5.74) is 0.888. The average Bonchev–Trinajstić information content (AvgIpc) is 2.84. The molecule has 1 heterocycles. The molecule has 1 fully saturated rings. The van der Waals surface area contributed by atoms with E-state index in [1.54, 1.807) is 28.6 Å². The van der Waals surface area contributed by atoms with E-state index in [9.17, 15) is 13.2 Å². The van der Waals surface area contributed by atoms with E-state index in [0.29, 0.717) is 31.0 Å². The topological polar surface area (TPSA) is 66.5 Å². The lowest BCUT2D eigenvalue weighted by Gasteiger charge is -2.20. The minimum Gasteiger partial charge on any atom is -0.352 e. The second-order valence-corrected chi connectivity index (χ2v) is 10.2. The molecule has 1 saturated heterocycles. The molecule has 1 aliphatic rings. The molecule has 25 heavy (non-hydrogen) atoms. The summed E-state index contributed by atoms with van der Waals surface area (Å²) < 4.78 is 25.0. The number of nitrogens with zero attached hydrogens (tertiary/aromatic N) is 1. The molecule has 2 rings (SSSR count). The third-order valence-electron chi connectivity index (χ3n) is 4.08. The van der Waals surface area contributed by atoms with Crippen LogP contribution in [0.25, 0.3) is 0 Å². The van der Waals surface area contributed by atoms with Crippen LogP contribution in [0.4, 0.5) is 0 Å². The van der Waals surface area contributed by atoms with Gasteiger partial charge < -0.3 is 5.32 Å². The highest BCUT2D eigenvalue weighted by Gasteiger charge is 2.30. The Balaban J connectivity index is 1.96. The van der Waals surface area contributed by atoms with Crippen molar-refractivity contribution in [3.8, 4) is 0 Å². The van der Waals surface area contributed by atoms with Crippen molar-refractivity contribution in [2.75, 3.05) is 19.6 Å². The largest absolute Gasteiger partial charge is 0.352 e. The van der Waals surface area contributed by atoms with E-state index in [4.69, 9.17) is 34.8 Å². The number of benzene rings is 1. The molecule has 0 unspecified atom stereocenters. The lowest BCUT2D eigenvalue weighted by Crippen LogP contribution is -2.35. The number of alkyl halides is 3. The fourth-order valence-corrected chi connectivity index (χ4v) is 4.40. The zero-order valence-electron chi connectivity index (χ0n) is 13.7. The SMILES string of the molecule is O=C(NCCc1ccc(S(=O)(=O)N2CCCCCC2)cc1)C(Cl)(Cl)Cl. The molecule has 1 N–H and O–H groups in total. The normalized spacial score (nSPS) is 17.1. The summed E-state index contributed by atoms with van der Waals surface area (Å²) in [6.07, 6.45) is 4.46. The zero-order chi connectivity index (χ0) is 18.5. The number of rotatable bonds is 5. The average molecular weight is 428 g/mol. The van der Waals surface area contributed by atoms with Gasteiger partial charge in [-0.25, -0.2) is 8.42 Å². The van der Waals surface area contributed by atoms with Crippen LogP contribution < -0.4 is 5.32 Å². The molecule has 0 saturated carbocycles. The number of nitrogens with one attached hydrogen (secondary N) is 1. The molecule has 0 atom stereocenters. The summed E-state index contributed by atoms with van der Waals surface area (Å²) >= 11 is 16.4. The number of carbonyl (C=O) groups excluding carboxylic acids is 1. The van der Waals surface area contributed by atoms with Crippen molar-refractivity contribution in [1.29, 1.82) is 0 Å². The Morgan fingerprint density at radius 3 is 2.12 bits per heavy atom. The first-order chi connectivity index (χ1) is 11.7. The van der Waals surface area contributed by atoms with Gasteiger partial charge in [0, 0.05) is 19.6 Å². The molecule has 0 aliphatic carbocycles. The minimum atomic E-state index is -3.44. The van der Waals surface area contributed by atoms with Crippen LogP contribution >= 0.6 is 34.8 Å². The highest BCUT2D eigenvalue weighted by molar-refractivity contribution is 7.89. The van der Waals surface area contributed by atoms with Crippen LogP contribution in [0.5, 0.6) is 0 Å². The summed E-state index contributed by atoms with van der Waals surface area (Å²) in [6, 6.07) is 6.69. The van der Waals surface area contributed by atoms with Gasteiger partial charge in [-0.3, -0.25) is 4.79 Å². The predicted octanol–water partition coefficient (Wildman–Crippen LogP) is 3.28. The molecule has 1 aliphatic heterocycles. The van der Waals surface area contributed by atoms with E-state index in [1.165, 1.54) is 0 Å².